The lowest BCUT2D eigenvalue weighted by molar-refractivity contribution is 0.0613. The molecule has 0 aliphatic heterocycles. The molecular weight excluding hydrogens is 292 g/mol. The van der Waals surface area contributed by atoms with Crippen LogP contribution < -0.4 is 10.6 Å². The Kier molecular flexibility index (Phi) is 4.57. The third-order valence-electron chi connectivity index (χ3n) is 2.87. The number of halogens is 1. The number of carbonyl (C=O) groups excluding carboxylic acids is 2. The van der Waals surface area contributed by atoms with Crippen molar-refractivity contribution in [3.05, 3.63) is 64.7 Å². The Bertz CT molecular complexity index is 671. The molecule has 0 saturated heterocycles. The van der Waals surface area contributed by atoms with E-state index >= 15 is 0 Å². The van der Waals surface area contributed by atoms with E-state index in [2.05, 4.69) is 0 Å². The second kappa shape index (κ2) is 6.39. The van der Waals surface area contributed by atoms with Crippen molar-refractivity contribution in [3.63, 3.8) is 0 Å². The van der Waals surface area contributed by atoms with Gasteiger partial charge in [0.15, 0.2) is 0 Å². The first-order chi connectivity index (χ1) is 10.0. The van der Waals surface area contributed by atoms with E-state index < -0.39 is 11.8 Å². The van der Waals surface area contributed by atoms with Gasteiger partial charge in [-0.1, -0.05) is 23.7 Å². The molecule has 6 heteroatoms. The first-order valence-electron chi connectivity index (χ1n) is 6.06. The second-order valence-corrected chi connectivity index (χ2v) is 4.62. The molecule has 0 radical (unpaired) electrons. The first-order valence-corrected chi connectivity index (χ1v) is 6.44. The van der Waals surface area contributed by atoms with Crippen LogP contribution in [0.4, 0.5) is 0 Å². The molecule has 108 valence electrons. The molecule has 0 atom stereocenters. The number of carbonyl (C=O) groups is 2. The maximum Gasteiger partial charge on any atom is 0.278 e. The summed E-state index contributed by atoms with van der Waals surface area (Å²) in [6.07, 6.45) is 0. The van der Waals surface area contributed by atoms with Gasteiger partial charge in [-0.3, -0.25) is 9.59 Å². The maximum absolute atomic E-state index is 12.3. The monoisotopic (exact) mass is 304 g/mol. The highest BCUT2D eigenvalue weighted by atomic mass is 35.5. The van der Waals surface area contributed by atoms with Crippen LogP contribution in [0.15, 0.2) is 48.5 Å². The minimum Gasteiger partial charge on any atom is -0.496 e. The number of hydrogen-bond acceptors (Lipinski definition) is 4. The summed E-state index contributed by atoms with van der Waals surface area (Å²) in [7, 11) is 1.44. The SMILES string of the molecule is COc1ccccc1C(=O)N(N)C(=O)c1ccc(Cl)cc1. The fourth-order valence-corrected chi connectivity index (χ4v) is 1.90. The maximum atomic E-state index is 12.3. The molecule has 0 unspecified atom stereocenters. The van der Waals surface area contributed by atoms with Crippen molar-refractivity contribution in [2.24, 2.45) is 5.84 Å². The van der Waals surface area contributed by atoms with Crippen molar-refractivity contribution in [1.82, 2.24) is 5.01 Å². The van der Waals surface area contributed by atoms with Gasteiger partial charge in [0.2, 0.25) is 0 Å². The average molecular weight is 305 g/mol. The average Bonchev–Trinajstić information content (AvgIpc) is 2.53. The Morgan fingerprint density at radius 1 is 1.05 bits per heavy atom. The number of benzene rings is 2. The van der Waals surface area contributed by atoms with Gasteiger partial charge >= 0.3 is 0 Å². The van der Waals surface area contributed by atoms with E-state index in [0.29, 0.717) is 15.8 Å². The second-order valence-electron chi connectivity index (χ2n) is 4.19. The highest BCUT2D eigenvalue weighted by Gasteiger charge is 2.23. The molecule has 2 N–H and O–H groups in total. The van der Waals surface area contributed by atoms with Gasteiger partial charge in [0, 0.05) is 10.6 Å². The fraction of sp³-hybridized carbons (Fsp3) is 0.0667. The molecule has 0 aliphatic rings. The summed E-state index contributed by atoms with van der Waals surface area (Å²) in [4.78, 5) is 24.4. The summed E-state index contributed by atoms with van der Waals surface area (Å²) in [6, 6.07) is 12.6. The molecule has 0 aromatic heterocycles. The lowest BCUT2D eigenvalue weighted by Gasteiger charge is -2.16. The van der Waals surface area contributed by atoms with Gasteiger partial charge in [0.25, 0.3) is 11.8 Å². The Labute approximate surface area is 126 Å². The van der Waals surface area contributed by atoms with E-state index in [1.54, 1.807) is 30.3 Å². The normalized spacial score (nSPS) is 10.0. The number of methoxy groups -OCH3 is 1. The number of amides is 2. The largest absolute Gasteiger partial charge is 0.496 e. The van der Waals surface area contributed by atoms with E-state index in [1.165, 1.54) is 25.3 Å². The number of nitrogens with zero attached hydrogens (tertiary/aromatic N) is 1. The Morgan fingerprint density at radius 2 is 1.67 bits per heavy atom. The highest BCUT2D eigenvalue weighted by molar-refractivity contribution is 6.30. The molecule has 0 fully saturated rings. The zero-order valence-corrected chi connectivity index (χ0v) is 12.0. The van der Waals surface area contributed by atoms with Gasteiger partial charge in [-0.15, -0.1) is 0 Å². The number of nitrogens with two attached hydrogens (primary N) is 1. The zero-order chi connectivity index (χ0) is 15.4. The third kappa shape index (κ3) is 3.21. The number of rotatable bonds is 3. The molecule has 0 heterocycles. The molecule has 2 aromatic rings. The molecule has 0 aliphatic carbocycles. The lowest BCUT2D eigenvalue weighted by atomic mass is 10.1. The van der Waals surface area contributed by atoms with Crippen LogP contribution in [0.3, 0.4) is 0 Å². The van der Waals surface area contributed by atoms with Crippen LogP contribution in [-0.2, 0) is 0 Å². The molecule has 21 heavy (non-hydrogen) atoms. The number of ether oxygens (including phenoxy) is 1. The number of hydrazine groups is 1. The summed E-state index contributed by atoms with van der Waals surface area (Å²) in [5.41, 5.74) is 0.481. The molecule has 5 nitrogen and oxygen atoms in total. The highest BCUT2D eigenvalue weighted by Crippen LogP contribution is 2.19. The number of para-hydroxylation sites is 1. The smallest absolute Gasteiger partial charge is 0.278 e. The van der Waals surface area contributed by atoms with Gasteiger partial charge in [0.05, 0.1) is 12.7 Å². The van der Waals surface area contributed by atoms with E-state index in [4.69, 9.17) is 22.2 Å². The summed E-state index contributed by atoms with van der Waals surface area (Å²) < 4.78 is 5.09. The quantitative estimate of drug-likeness (QED) is 0.409. The van der Waals surface area contributed by atoms with E-state index in [9.17, 15) is 9.59 Å². The minimum atomic E-state index is -0.646. The molecular formula is C15H13ClN2O3. The van der Waals surface area contributed by atoms with Gasteiger partial charge in [0.1, 0.15) is 5.75 Å². The Morgan fingerprint density at radius 3 is 2.29 bits per heavy atom. The Hall–Kier alpha value is -2.37. The van der Waals surface area contributed by atoms with Crippen molar-refractivity contribution in [3.8, 4) is 5.75 Å². The summed E-state index contributed by atoms with van der Waals surface area (Å²) in [5, 5.41) is 1.05. The van der Waals surface area contributed by atoms with Crippen molar-refractivity contribution in [1.29, 1.82) is 0 Å². The van der Waals surface area contributed by atoms with Crippen LogP contribution in [-0.4, -0.2) is 23.9 Å². The fourth-order valence-electron chi connectivity index (χ4n) is 1.77. The lowest BCUT2D eigenvalue weighted by Crippen LogP contribution is -2.42. The summed E-state index contributed by atoms with van der Waals surface area (Å²) in [6.45, 7) is 0. The molecule has 0 bridgehead atoms. The number of imide groups is 1. The van der Waals surface area contributed by atoms with Crippen molar-refractivity contribution >= 4 is 23.4 Å². The predicted molar refractivity (Wildman–Crippen MR) is 79.1 cm³/mol. The van der Waals surface area contributed by atoms with Crippen LogP contribution in [0.2, 0.25) is 5.02 Å². The minimum absolute atomic E-state index is 0.213. The predicted octanol–water partition coefficient (Wildman–Crippen LogP) is 2.50. The van der Waals surface area contributed by atoms with Crippen molar-refractivity contribution in [2.75, 3.05) is 7.11 Å². The van der Waals surface area contributed by atoms with Crippen LogP contribution in [0.5, 0.6) is 5.75 Å². The van der Waals surface area contributed by atoms with E-state index in [-0.39, 0.29) is 11.1 Å². The van der Waals surface area contributed by atoms with Gasteiger partial charge in [-0.05, 0) is 36.4 Å². The number of hydrogen-bond donors (Lipinski definition) is 1. The standard InChI is InChI=1S/C15H13ClN2O3/c1-21-13-5-3-2-4-12(13)15(20)18(17)14(19)10-6-8-11(16)9-7-10/h2-9H,17H2,1H3. The van der Waals surface area contributed by atoms with Gasteiger partial charge in [-0.2, -0.15) is 0 Å². The van der Waals surface area contributed by atoms with Crippen molar-refractivity contribution < 1.29 is 14.3 Å². The van der Waals surface area contributed by atoms with Crippen LogP contribution in [0, 0.1) is 0 Å². The van der Waals surface area contributed by atoms with Gasteiger partial charge in [-0.25, -0.2) is 10.9 Å². The van der Waals surface area contributed by atoms with Crippen LogP contribution in [0.1, 0.15) is 20.7 Å². The van der Waals surface area contributed by atoms with E-state index in [0.717, 1.165) is 0 Å². The van der Waals surface area contributed by atoms with Crippen molar-refractivity contribution in [2.45, 2.75) is 0 Å². The Balaban J connectivity index is 2.26. The molecule has 2 amide bonds. The summed E-state index contributed by atoms with van der Waals surface area (Å²) >= 11 is 5.75. The molecule has 2 rings (SSSR count). The van der Waals surface area contributed by atoms with Crippen LogP contribution in [0.25, 0.3) is 0 Å². The molecule has 2 aromatic carbocycles. The topological polar surface area (TPSA) is 72.6 Å². The zero-order valence-electron chi connectivity index (χ0n) is 11.2. The van der Waals surface area contributed by atoms with Crippen LogP contribution >= 0.6 is 11.6 Å². The summed E-state index contributed by atoms with van der Waals surface area (Å²) in [5.74, 6) is 4.71. The molecule has 0 saturated carbocycles. The first kappa shape index (κ1) is 15.0. The third-order valence-corrected chi connectivity index (χ3v) is 3.12. The molecule has 0 spiro atoms. The van der Waals surface area contributed by atoms with Gasteiger partial charge < -0.3 is 4.74 Å². The van der Waals surface area contributed by atoms with E-state index in [1.807, 2.05) is 0 Å².